The van der Waals surface area contributed by atoms with Crippen LogP contribution >= 0.6 is 31.9 Å². The van der Waals surface area contributed by atoms with Gasteiger partial charge in [-0.05, 0) is 52.7 Å². The van der Waals surface area contributed by atoms with E-state index in [1.807, 2.05) is 48.5 Å². The van der Waals surface area contributed by atoms with Crippen LogP contribution in [0.2, 0.25) is 0 Å². The highest BCUT2D eigenvalue weighted by molar-refractivity contribution is 9.11. The smallest absolute Gasteiger partial charge is 0.247 e. The van der Waals surface area contributed by atoms with Crippen molar-refractivity contribution in [2.45, 2.75) is 19.3 Å². The minimum absolute atomic E-state index is 0.0541. The van der Waals surface area contributed by atoms with Gasteiger partial charge in [0.2, 0.25) is 17.7 Å². The Morgan fingerprint density at radius 2 is 1.88 bits per heavy atom. The van der Waals surface area contributed by atoms with Gasteiger partial charge in [0.05, 0.1) is 5.69 Å². The molecule has 0 aliphatic heterocycles. The lowest BCUT2D eigenvalue weighted by Gasteiger charge is -2.07. The molecular formula is C18H15Br2N3O2. The van der Waals surface area contributed by atoms with Crippen molar-refractivity contribution in [2.24, 2.45) is 0 Å². The number of nitrogens with zero attached hydrogens (tertiary/aromatic N) is 2. The third-order valence-electron chi connectivity index (χ3n) is 3.48. The fraction of sp³-hybridized carbons (Fsp3) is 0.167. The second-order valence-electron chi connectivity index (χ2n) is 5.39. The largest absolute Gasteiger partial charge is 0.421 e. The summed E-state index contributed by atoms with van der Waals surface area (Å²) >= 11 is 6.81. The Balaban J connectivity index is 1.50. The van der Waals surface area contributed by atoms with Crippen LogP contribution in [0.25, 0.3) is 11.5 Å². The van der Waals surface area contributed by atoms with Crippen LogP contribution in [0, 0.1) is 0 Å². The fourth-order valence-corrected chi connectivity index (χ4v) is 2.97. The van der Waals surface area contributed by atoms with Gasteiger partial charge < -0.3 is 9.73 Å². The Labute approximate surface area is 162 Å². The highest BCUT2D eigenvalue weighted by atomic mass is 79.9. The second-order valence-corrected chi connectivity index (χ2v) is 7.16. The summed E-state index contributed by atoms with van der Waals surface area (Å²) in [5.41, 5.74) is 1.63. The second kappa shape index (κ2) is 8.40. The molecule has 0 fully saturated rings. The minimum atomic E-state index is -0.0541. The molecule has 25 heavy (non-hydrogen) atoms. The molecule has 0 radical (unpaired) electrons. The van der Waals surface area contributed by atoms with Gasteiger partial charge in [0.1, 0.15) is 0 Å². The number of amides is 1. The minimum Gasteiger partial charge on any atom is -0.421 e. The van der Waals surface area contributed by atoms with Crippen LogP contribution in [0.3, 0.4) is 0 Å². The number of carbonyl (C=O) groups excluding carboxylic acids is 1. The number of hydrogen-bond donors (Lipinski definition) is 1. The lowest BCUT2D eigenvalue weighted by molar-refractivity contribution is -0.116. The van der Waals surface area contributed by atoms with E-state index in [2.05, 4.69) is 47.4 Å². The van der Waals surface area contributed by atoms with Crippen molar-refractivity contribution >= 4 is 43.5 Å². The maximum absolute atomic E-state index is 12.1. The molecule has 0 saturated carbocycles. The maximum Gasteiger partial charge on any atom is 0.247 e. The molecule has 1 heterocycles. The van der Waals surface area contributed by atoms with Crippen LogP contribution in [0.4, 0.5) is 5.69 Å². The molecule has 0 bridgehead atoms. The molecule has 0 aliphatic carbocycles. The highest BCUT2D eigenvalue weighted by Gasteiger charge is 2.10. The number of aromatic nitrogens is 2. The first kappa shape index (κ1) is 17.8. The number of halogens is 2. The van der Waals surface area contributed by atoms with E-state index in [9.17, 15) is 4.79 Å². The average Bonchev–Trinajstić information content (AvgIpc) is 3.08. The fourth-order valence-electron chi connectivity index (χ4n) is 2.26. The molecule has 7 heteroatoms. The number of aryl methyl sites for hydroxylation is 1. The summed E-state index contributed by atoms with van der Waals surface area (Å²) in [7, 11) is 0. The predicted molar refractivity (Wildman–Crippen MR) is 103 cm³/mol. The molecule has 2 aromatic carbocycles. The number of anilines is 1. The van der Waals surface area contributed by atoms with E-state index in [1.165, 1.54) is 0 Å². The molecule has 0 saturated heterocycles. The van der Waals surface area contributed by atoms with Crippen molar-refractivity contribution in [3.8, 4) is 11.5 Å². The lowest BCUT2D eigenvalue weighted by atomic mass is 10.2. The van der Waals surface area contributed by atoms with Gasteiger partial charge in [-0.1, -0.05) is 34.1 Å². The highest BCUT2D eigenvalue weighted by Crippen LogP contribution is 2.26. The van der Waals surface area contributed by atoms with Crippen molar-refractivity contribution in [2.75, 3.05) is 5.32 Å². The Morgan fingerprint density at radius 1 is 1.08 bits per heavy atom. The number of hydrogen-bond acceptors (Lipinski definition) is 4. The van der Waals surface area contributed by atoms with Crippen molar-refractivity contribution < 1.29 is 9.21 Å². The van der Waals surface area contributed by atoms with Crippen molar-refractivity contribution in [3.05, 3.63) is 63.4 Å². The van der Waals surface area contributed by atoms with Crippen molar-refractivity contribution in [1.82, 2.24) is 10.2 Å². The molecule has 0 atom stereocenters. The zero-order valence-electron chi connectivity index (χ0n) is 13.2. The van der Waals surface area contributed by atoms with Gasteiger partial charge in [-0.2, -0.15) is 0 Å². The molecule has 3 rings (SSSR count). The molecule has 128 valence electrons. The number of rotatable bonds is 6. The summed E-state index contributed by atoms with van der Waals surface area (Å²) in [4.78, 5) is 12.1. The molecule has 0 unspecified atom stereocenters. The van der Waals surface area contributed by atoms with Gasteiger partial charge in [0.15, 0.2) is 0 Å². The van der Waals surface area contributed by atoms with Gasteiger partial charge in [-0.15, -0.1) is 10.2 Å². The molecule has 3 aromatic rings. The van der Waals surface area contributed by atoms with E-state index in [-0.39, 0.29) is 5.91 Å². The maximum atomic E-state index is 12.1. The monoisotopic (exact) mass is 463 g/mol. The van der Waals surface area contributed by atoms with E-state index >= 15 is 0 Å². The van der Waals surface area contributed by atoms with Gasteiger partial charge in [-0.3, -0.25) is 4.79 Å². The normalized spacial score (nSPS) is 10.6. The van der Waals surface area contributed by atoms with Crippen LogP contribution in [0.15, 0.2) is 61.9 Å². The van der Waals surface area contributed by atoms with Gasteiger partial charge in [0.25, 0.3) is 0 Å². The first-order chi connectivity index (χ1) is 12.1. The Hall–Kier alpha value is -1.99. The van der Waals surface area contributed by atoms with E-state index in [0.29, 0.717) is 31.0 Å². The Kier molecular flexibility index (Phi) is 5.99. The number of benzene rings is 2. The van der Waals surface area contributed by atoms with Crippen LogP contribution < -0.4 is 5.32 Å². The van der Waals surface area contributed by atoms with E-state index in [0.717, 1.165) is 20.2 Å². The Bertz CT molecular complexity index is 866. The van der Waals surface area contributed by atoms with Gasteiger partial charge in [0, 0.05) is 27.4 Å². The predicted octanol–water partition coefficient (Wildman–Crippen LogP) is 5.22. The number of nitrogens with one attached hydrogen (secondary N) is 1. The van der Waals surface area contributed by atoms with Crippen molar-refractivity contribution in [1.29, 1.82) is 0 Å². The molecule has 0 spiro atoms. The van der Waals surface area contributed by atoms with E-state index in [1.54, 1.807) is 0 Å². The summed E-state index contributed by atoms with van der Waals surface area (Å²) in [5, 5.41) is 11.0. The molecule has 5 nitrogen and oxygen atoms in total. The third kappa shape index (κ3) is 4.99. The third-order valence-corrected chi connectivity index (χ3v) is 4.67. The zero-order chi connectivity index (χ0) is 17.6. The van der Waals surface area contributed by atoms with Crippen LogP contribution in [-0.2, 0) is 11.2 Å². The summed E-state index contributed by atoms with van der Waals surface area (Å²) in [6.45, 7) is 0. The van der Waals surface area contributed by atoms with Crippen LogP contribution in [-0.4, -0.2) is 16.1 Å². The zero-order valence-corrected chi connectivity index (χ0v) is 16.4. The van der Waals surface area contributed by atoms with Gasteiger partial charge >= 0.3 is 0 Å². The molecule has 1 N–H and O–H groups in total. The molecule has 1 aromatic heterocycles. The van der Waals surface area contributed by atoms with Gasteiger partial charge in [-0.25, -0.2) is 0 Å². The van der Waals surface area contributed by atoms with E-state index < -0.39 is 0 Å². The average molecular weight is 465 g/mol. The quantitative estimate of drug-likeness (QED) is 0.542. The first-order valence-electron chi connectivity index (χ1n) is 7.74. The van der Waals surface area contributed by atoms with Crippen LogP contribution in [0.5, 0.6) is 0 Å². The summed E-state index contributed by atoms with van der Waals surface area (Å²) < 4.78 is 7.39. The van der Waals surface area contributed by atoms with Crippen molar-refractivity contribution in [3.63, 3.8) is 0 Å². The Morgan fingerprint density at radius 3 is 2.68 bits per heavy atom. The SMILES string of the molecule is O=C(CCCc1nnc(-c2ccccc2)o1)Nc1cc(Br)ccc1Br. The summed E-state index contributed by atoms with van der Waals surface area (Å²) in [6, 6.07) is 15.2. The van der Waals surface area contributed by atoms with E-state index in [4.69, 9.17) is 4.42 Å². The first-order valence-corrected chi connectivity index (χ1v) is 9.33. The molecule has 0 aliphatic rings. The van der Waals surface area contributed by atoms with Crippen LogP contribution in [0.1, 0.15) is 18.7 Å². The molecule has 1 amide bonds. The standard InChI is InChI=1S/C18H15Br2N3O2/c19-13-9-10-14(20)15(11-13)21-16(24)7-4-8-17-22-23-18(25-17)12-5-2-1-3-6-12/h1-3,5-6,9-11H,4,7-8H2,(H,21,24). The summed E-state index contributed by atoms with van der Waals surface area (Å²) in [6.07, 6.45) is 1.57. The topological polar surface area (TPSA) is 68.0 Å². The lowest BCUT2D eigenvalue weighted by Crippen LogP contribution is -2.12. The number of carbonyl (C=O) groups is 1. The molecular weight excluding hydrogens is 450 g/mol. The summed E-state index contributed by atoms with van der Waals surface area (Å²) in [5.74, 6) is 0.981.